The number of benzene rings is 1. The molecule has 0 amide bonds. The Kier molecular flexibility index (Phi) is 4.06. The van der Waals surface area contributed by atoms with Crippen molar-refractivity contribution in [3.05, 3.63) is 41.2 Å². The van der Waals surface area contributed by atoms with Crippen molar-refractivity contribution < 1.29 is 8.42 Å². The predicted molar refractivity (Wildman–Crippen MR) is 76.7 cm³/mol. The Bertz CT molecular complexity index is 599. The highest BCUT2D eigenvalue weighted by Gasteiger charge is 2.14. The highest BCUT2D eigenvalue weighted by atomic mass is 35.5. The third-order valence-corrected chi connectivity index (χ3v) is 4.66. The zero-order valence-corrected chi connectivity index (χ0v) is 12.5. The van der Waals surface area contributed by atoms with Crippen molar-refractivity contribution in [3.8, 4) is 0 Å². The zero-order chi connectivity index (χ0) is 14.0. The number of hydrogen-bond acceptors (Lipinski definition) is 4. The minimum Gasteiger partial charge on any atom is -0.370 e. The summed E-state index contributed by atoms with van der Waals surface area (Å²) in [4.78, 5) is 2.43. The standard InChI is InChI=1S/C13H17ClN2O2S/c1-10-15-6-8-16(10)7-5-11-3-4-12(9-13(11)14)19(2,17)18/h3-4,6,8-10,15H,5,7H2,1-2H3. The molecule has 1 aromatic rings. The van der Waals surface area contributed by atoms with Crippen LogP contribution in [0.5, 0.6) is 0 Å². The number of hydrogen-bond donors (Lipinski definition) is 1. The quantitative estimate of drug-likeness (QED) is 0.924. The van der Waals surface area contributed by atoms with E-state index in [2.05, 4.69) is 17.1 Å². The minimum atomic E-state index is -3.20. The van der Waals surface area contributed by atoms with E-state index >= 15 is 0 Å². The number of nitrogens with one attached hydrogen (secondary N) is 1. The molecule has 104 valence electrons. The number of rotatable bonds is 4. The summed E-state index contributed by atoms with van der Waals surface area (Å²) in [6, 6.07) is 4.92. The predicted octanol–water partition coefficient (Wildman–Crippen LogP) is 2.01. The van der Waals surface area contributed by atoms with Crippen LogP contribution in [0.15, 0.2) is 35.5 Å². The Morgan fingerprint density at radius 1 is 1.42 bits per heavy atom. The van der Waals surface area contributed by atoms with E-state index in [4.69, 9.17) is 11.6 Å². The second kappa shape index (κ2) is 5.43. The van der Waals surface area contributed by atoms with E-state index in [-0.39, 0.29) is 11.1 Å². The first-order valence-electron chi connectivity index (χ1n) is 6.05. The van der Waals surface area contributed by atoms with Crippen LogP contribution in [-0.2, 0) is 16.3 Å². The van der Waals surface area contributed by atoms with Gasteiger partial charge in [-0.25, -0.2) is 8.42 Å². The monoisotopic (exact) mass is 300 g/mol. The van der Waals surface area contributed by atoms with Gasteiger partial charge in [0.1, 0.15) is 0 Å². The summed E-state index contributed by atoms with van der Waals surface area (Å²) in [6.07, 6.45) is 6.16. The van der Waals surface area contributed by atoms with Crippen LogP contribution in [0.3, 0.4) is 0 Å². The van der Waals surface area contributed by atoms with Crippen LogP contribution in [0.4, 0.5) is 0 Å². The maximum absolute atomic E-state index is 11.4. The molecule has 1 aromatic carbocycles. The SMILES string of the molecule is CC1NC=CN1CCc1ccc(S(C)(=O)=O)cc1Cl. The molecule has 0 fully saturated rings. The van der Waals surface area contributed by atoms with Crippen molar-refractivity contribution in [2.24, 2.45) is 0 Å². The summed E-state index contributed by atoms with van der Waals surface area (Å²) in [6.45, 7) is 2.91. The Labute approximate surface area is 119 Å². The molecule has 0 aliphatic carbocycles. The Morgan fingerprint density at radius 2 is 2.16 bits per heavy atom. The van der Waals surface area contributed by atoms with Crippen molar-refractivity contribution in [2.45, 2.75) is 24.4 Å². The Morgan fingerprint density at radius 3 is 2.68 bits per heavy atom. The molecular formula is C13H17ClN2O2S. The number of halogens is 1. The van der Waals surface area contributed by atoms with Gasteiger partial charge in [-0.15, -0.1) is 0 Å². The van der Waals surface area contributed by atoms with Gasteiger partial charge in [0.15, 0.2) is 9.84 Å². The lowest BCUT2D eigenvalue weighted by molar-refractivity contribution is 0.301. The fourth-order valence-corrected chi connectivity index (χ4v) is 2.97. The van der Waals surface area contributed by atoms with Crippen molar-refractivity contribution >= 4 is 21.4 Å². The van der Waals surface area contributed by atoms with Crippen LogP contribution in [0.2, 0.25) is 5.02 Å². The summed E-state index contributed by atoms with van der Waals surface area (Å²) in [5, 5.41) is 3.69. The van der Waals surface area contributed by atoms with Crippen LogP contribution >= 0.6 is 11.6 Å². The molecule has 19 heavy (non-hydrogen) atoms. The van der Waals surface area contributed by atoms with Crippen LogP contribution < -0.4 is 5.32 Å². The summed E-state index contributed by atoms with van der Waals surface area (Å²) in [7, 11) is -3.20. The third-order valence-electron chi connectivity index (χ3n) is 3.19. The summed E-state index contributed by atoms with van der Waals surface area (Å²) < 4.78 is 22.8. The molecule has 0 saturated carbocycles. The van der Waals surface area contributed by atoms with Crippen molar-refractivity contribution in [3.63, 3.8) is 0 Å². The topological polar surface area (TPSA) is 49.4 Å². The lowest BCUT2D eigenvalue weighted by atomic mass is 10.1. The normalized spacial score (nSPS) is 18.7. The summed E-state index contributed by atoms with van der Waals surface area (Å²) in [5.74, 6) is 0. The zero-order valence-electron chi connectivity index (χ0n) is 10.9. The third kappa shape index (κ3) is 3.42. The highest BCUT2D eigenvalue weighted by molar-refractivity contribution is 7.90. The van der Waals surface area contributed by atoms with E-state index in [0.717, 1.165) is 18.5 Å². The molecule has 1 N–H and O–H groups in total. The maximum Gasteiger partial charge on any atom is 0.175 e. The molecule has 6 heteroatoms. The molecule has 1 unspecified atom stereocenters. The molecule has 4 nitrogen and oxygen atoms in total. The van der Waals surface area contributed by atoms with Crippen molar-refractivity contribution in [2.75, 3.05) is 12.8 Å². The maximum atomic E-state index is 11.4. The van der Waals surface area contributed by atoms with Gasteiger partial charge in [0.25, 0.3) is 0 Å². The van der Waals surface area contributed by atoms with Crippen LogP contribution in [0.1, 0.15) is 12.5 Å². The molecule has 0 saturated heterocycles. The average molecular weight is 301 g/mol. The first-order chi connectivity index (χ1) is 8.88. The average Bonchev–Trinajstić information content (AvgIpc) is 2.72. The van der Waals surface area contributed by atoms with Crippen molar-refractivity contribution in [1.29, 1.82) is 0 Å². The van der Waals surface area contributed by atoms with Gasteiger partial charge in [0.2, 0.25) is 0 Å². The fraction of sp³-hybridized carbons (Fsp3) is 0.385. The van der Waals surface area contributed by atoms with Gasteiger partial charge in [-0.3, -0.25) is 0 Å². The smallest absolute Gasteiger partial charge is 0.175 e. The van der Waals surface area contributed by atoms with E-state index in [1.807, 2.05) is 12.4 Å². The van der Waals surface area contributed by atoms with E-state index < -0.39 is 9.84 Å². The molecule has 2 rings (SSSR count). The van der Waals surface area contributed by atoms with Gasteiger partial charge < -0.3 is 10.2 Å². The van der Waals surface area contributed by atoms with Gasteiger partial charge in [0.05, 0.1) is 11.1 Å². The molecule has 0 spiro atoms. The minimum absolute atomic E-state index is 0.261. The van der Waals surface area contributed by atoms with Gasteiger partial charge in [-0.1, -0.05) is 17.7 Å². The number of sulfone groups is 1. The Hall–Kier alpha value is -1.20. The van der Waals surface area contributed by atoms with Crippen LogP contribution in [0.25, 0.3) is 0 Å². The molecular weight excluding hydrogens is 284 g/mol. The van der Waals surface area contributed by atoms with Gasteiger partial charge in [0, 0.05) is 30.2 Å². The number of nitrogens with zero attached hydrogens (tertiary/aromatic N) is 1. The van der Waals surface area contributed by atoms with E-state index in [9.17, 15) is 8.42 Å². The highest BCUT2D eigenvalue weighted by Crippen LogP contribution is 2.22. The fourth-order valence-electron chi connectivity index (χ4n) is 1.98. The Balaban J connectivity index is 2.07. The first kappa shape index (κ1) is 14.2. The van der Waals surface area contributed by atoms with Gasteiger partial charge in [-0.2, -0.15) is 0 Å². The van der Waals surface area contributed by atoms with Gasteiger partial charge in [-0.05, 0) is 31.0 Å². The van der Waals surface area contributed by atoms with E-state index in [1.165, 1.54) is 12.3 Å². The molecule has 0 aromatic heterocycles. The second-order valence-electron chi connectivity index (χ2n) is 4.67. The van der Waals surface area contributed by atoms with E-state index in [0.29, 0.717) is 5.02 Å². The van der Waals surface area contributed by atoms with E-state index in [1.54, 1.807) is 12.1 Å². The molecule has 1 atom stereocenters. The van der Waals surface area contributed by atoms with Crippen LogP contribution in [-0.4, -0.2) is 32.3 Å². The summed E-state index contributed by atoms with van der Waals surface area (Å²) in [5.41, 5.74) is 0.960. The second-order valence-corrected chi connectivity index (χ2v) is 7.09. The lowest BCUT2D eigenvalue weighted by Gasteiger charge is -2.22. The first-order valence-corrected chi connectivity index (χ1v) is 8.32. The molecule has 0 bridgehead atoms. The molecule has 1 heterocycles. The molecule has 0 radical (unpaired) electrons. The summed E-state index contributed by atoms with van der Waals surface area (Å²) >= 11 is 6.14. The molecule has 1 aliphatic heterocycles. The van der Waals surface area contributed by atoms with Crippen LogP contribution in [0, 0.1) is 0 Å². The molecule has 1 aliphatic rings. The van der Waals surface area contributed by atoms with Gasteiger partial charge >= 0.3 is 0 Å². The van der Waals surface area contributed by atoms with Crippen molar-refractivity contribution in [1.82, 2.24) is 10.2 Å². The lowest BCUT2D eigenvalue weighted by Crippen LogP contribution is -2.33. The largest absolute Gasteiger partial charge is 0.370 e.